The van der Waals surface area contributed by atoms with Gasteiger partial charge in [-0.3, -0.25) is 4.98 Å². The van der Waals surface area contributed by atoms with Crippen molar-refractivity contribution in [2.24, 2.45) is 0 Å². The van der Waals surface area contributed by atoms with Crippen LogP contribution in [-0.2, 0) is 6.61 Å². The lowest BCUT2D eigenvalue weighted by Crippen LogP contribution is -2.28. The highest BCUT2D eigenvalue weighted by Crippen LogP contribution is 2.31. The molecule has 2 aromatic carbocycles. The summed E-state index contributed by atoms with van der Waals surface area (Å²) in [6.45, 7) is 5.02. The highest BCUT2D eigenvalue weighted by molar-refractivity contribution is 5.68. The summed E-state index contributed by atoms with van der Waals surface area (Å²) >= 11 is 0. The van der Waals surface area contributed by atoms with Crippen LogP contribution in [0.25, 0.3) is 11.1 Å². The number of aryl methyl sites for hydroxylation is 1. The number of pyridine rings is 1. The van der Waals surface area contributed by atoms with Crippen molar-refractivity contribution in [3.63, 3.8) is 0 Å². The van der Waals surface area contributed by atoms with Gasteiger partial charge in [0.25, 0.3) is 0 Å². The van der Waals surface area contributed by atoms with E-state index in [1.54, 1.807) is 12.4 Å². The fourth-order valence-corrected chi connectivity index (χ4v) is 3.94. The van der Waals surface area contributed by atoms with Crippen LogP contribution in [0.2, 0.25) is 0 Å². The minimum Gasteiger partial charge on any atom is -0.487 e. The first-order valence-corrected chi connectivity index (χ1v) is 9.73. The first-order valence-electron chi connectivity index (χ1n) is 9.73. The maximum absolute atomic E-state index is 5.93. The third-order valence-corrected chi connectivity index (χ3v) is 5.36. The second-order valence-corrected chi connectivity index (χ2v) is 7.25. The predicted octanol–water partition coefficient (Wildman–Crippen LogP) is 5.10. The molecule has 0 unspecified atom stereocenters. The van der Waals surface area contributed by atoms with E-state index < -0.39 is 0 Å². The zero-order valence-corrected chi connectivity index (χ0v) is 15.8. The van der Waals surface area contributed by atoms with Gasteiger partial charge in [-0.1, -0.05) is 42.5 Å². The van der Waals surface area contributed by atoms with Crippen molar-refractivity contribution in [2.45, 2.75) is 32.3 Å². The summed E-state index contributed by atoms with van der Waals surface area (Å²) in [6, 6.07) is 19.2. The van der Waals surface area contributed by atoms with Crippen molar-refractivity contribution in [2.75, 3.05) is 13.1 Å². The lowest BCUT2D eigenvalue weighted by atomic mass is 9.87. The van der Waals surface area contributed by atoms with Gasteiger partial charge in [0.1, 0.15) is 12.4 Å². The number of aromatic nitrogens is 1. The van der Waals surface area contributed by atoms with Gasteiger partial charge in [-0.25, -0.2) is 0 Å². The van der Waals surface area contributed by atoms with Crippen molar-refractivity contribution in [3.05, 3.63) is 83.7 Å². The quantitative estimate of drug-likeness (QED) is 0.689. The molecule has 2 heterocycles. The van der Waals surface area contributed by atoms with E-state index in [0.717, 1.165) is 18.8 Å². The Morgan fingerprint density at radius 2 is 2.04 bits per heavy atom. The van der Waals surface area contributed by atoms with Gasteiger partial charge < -0.3 is 10.1 Å². The Bertz CT molecular complexity index is 886. The number of nitrogens with one attached hydrogen (secondary N) is 1. The lowest BCUT2D eigenvalue weighted by Gasteiger charge is -2.25. The van der Waals surface area contributed by atoms with Gasteiger partial charge in [-0.05, 0) is 72.2 Å². The smallest absolute Gasteiger partial charge is 0.138 e. The Labute approximate surface area is 161 Å². The Kier molecular flexibility index (Phi) is 5.50. The fourth-order valence-electron chi connectivity index (χ4n) is 3.94. The van der Waals surface area contributed by atoms with Crippen LogP contribution in [0.3, 0.4) is 0 Å². The second kappa shape index (κ2) is 8.36. The molecular weight excluding hydrogens is 332 g/mol. The van der Waals surface area contributed by atoms with Crippen molar-refractivity contribution in [3.8, 4) is 16.9 Å². The minimum absolute atomic E-state index is 0.537. The number of benzene rings is 2. The maximum Gasteiger partial charge on any atom is 0.138 e. The average molecular weight is 358 g/mol. The monoisotopic (exact) mass is 358 g/mol. The molecule has 1 fully saturated rings. The van der Waals surface area contributed by atoms with E-state index in [2.05, 4.69) is 59.7 Å². The number of ether oxygens (including phenoxy) is 1. The molecule has 1 atom stereocenters. The topological polar surface area (TPSA) is 34.1 Å². The SMILES string of the molecule is Cc1cc(-c2ccccc2COc2cccnc2)ccc1[C@@H]1CCCNC1. The lowest BCUT2D eigenvalue weighted by molar-refractivity contribution is 0.305. The third-order valence-electron chi connectivity index (χ3n) is 5.36. The fraction of sp³-hybridized carbons (Fsp3) is 0.292. The van der Waals surface area contributed by atoms with E-state index in [1.165, 1.54) is 40.7 Å². The van der Waals surface area contributed by atoms with E-state index in [-0.39, 0.29) is 0 Å². The molecule has 3 aromatic rings. The van der Waals surface area contributed by atoms with E-state index in [9.17, 15) is 0 Å². The van der Waals surface area contributed by atoms with Crippen LogP contribution in [0.15, 0.2) is 67.0 Å². The highest BCUT2D eigenvalue weighted by Gasteiger charge is 2.17. The van der Waals surface area contributed by atoms with Gasteiger partial charge in [0.2, 0.25) is 0 Å². The summed E-state index contributed by atoms with van der Waals surface area (Å²) in [4.78, 5) is 4.11. The molecule has 0 spiro atoms. The zero-order chi connectivity index (χ0) is 18.5. The number of piperidine rings is 1. The molecule has 1 aliphatic rings. The van der Waals surface area contributed by atoms with Gasteiger partial charge in [0, 0.05) is 12.7 Å². The molecule has 0 bridgehead atoms. The molecule has 1 saturated heterocycles. The van der Waals surface area contributed by atoms with Crippen LogP contribution < -0.4 is 10.1 Å². The summed E-state index contributed by atoms with van der Waals surface area (Å²) in [7, 11) is 0. The predicted molar refractivity (Wildman–Crippen MR) is 110 cm³/mol. The van der Waals surface area contributed by atoms with Crippen LogP contribution >= 0.6 is 0 Å². The summed E-state index contributed by atoms with van der Waals surface area (Å²) in [6.07, 6.45) is 6.05. The van der Waals surface area contributed by atoms with Gasteiger partial charge in [-0.15, -0.1) is 0 Å². The molecule has 0 radical (unpaired) electrons. The molecule has 3 heteroatoms. The number of hydrogen-bond donors (Lipinski definition) is 1. The summed E-state index contributed by atoms with van der Waals surface area (Å²) < 4.78 is 5.93. The highest BCUT2D eigenvalue weighted by atomic mass is 16.5. The van der Waals surface area contributed by atoms with Crippen LogP contribution in [0.5, 0.6) is 5.75 Å². The van der Waals surface area contributed by atoms with Crippen LogP contribution in [0, 0.1) is 6.92 Å². The zero-order valence-electron chi connectivity index (χ0n) is 15.8. The van der Waals surface area contributed by atoms with Gasteiger partial charge >= 0.3 is 0 Å². The number of hydrogen-bond acceptors (Lipinski definition) is 3. The normalized spacial score (nSPS) is 16.9. The molecule has 0 saturated carbocycles. The molecule has 3 nitrogen and oxygen atoms in total. The molecule has 4 rings (SSSR count). The van der Waals surface area contributed by atoms with Crippen molar-refractivity contribution in [1.29, 1.82) is 0 Å². The van der Waals surface area contributed by atoms with Crippen LogP contribution in [0.1, 0.15) is 35.4 Å². The summed E-state index contributed by atoms with van der Waals surface area (Å²) in [5.74, 6) is 1.43. The van der Waals surface area contributed by atoms with Gasteiger partial charge in [0.15, 0.2) is 0 Å². The minimum atomic E-state index is 0.537. The van der Waals surface area contributed by atoms with E-state index >= 15 is 0 Å². The molecule has 0 aliphatic carbocycles. The van der Waals surface area contributed by atoms with E-state index in [1.807, 2.05) is 12.1 Å². The van der Waals surface area contributed by atoms with Crippen molar-refractivity contribution in [1.82, 2.24) is 10.3 Å². The van der Waals surface area contributed by atoms with Crippen molar-refractivity contribution < 1.29 is 4.74 Å². The molecule has 138 valence electrons. The molecule has 27 heavy (non-hydrogen) atoms. The first-order chi connectivity index (χ1) is 13.3. The maximum atomic E-state index is 5.93. The van der Waals surface area contributed by atoms with Crippen LogP contribution in [-0.4, -0.2) is 18.1 Å². The third kappa shape index (κ3) is 4.20. The number of nitrogens with zero attached hydrogens (tertiary/aromatic N) is 1. The Morgan fingerprint density at radius 3 is 2.81 bits per heavy atom. The Balaban J connectivity index is 1.57. The molecular formula is C24H26N2O. The Hall–Kier alpha value is -2.65. The standard InChI is InChI=1S/C24H26N2O/c1-18-14-19(10-11-23(18)20-7-4-12-25-15-20)24-9-3-2-6-21(24)17-27-22-8-5-13-26-16-22/h2-3,5-6,8-11,13-14,16,20,25H,4,7,12,15,17H2,1H3/t20-/m1/s1. The second-order valence-electron chi connectivity index (χ2n) is 7.25. The molecule has 1 aromatic heterocycles. The van der Waals surface area contributed by atoms with Gasteiger partial charge in [-0.2, -0.15) is 0 Å². The van der Waals surface area contributed by atoms with Crippen LogP contribution in [0.4, 0.5) is 0 Å². The summed E-state index contributed by atoms with van der Waals surface area (Å²) in [5, 5.41) is 3.53. The average Bonchev–Trinajstić information content (AvgIpc) is 2.74. The molecule has 1 N–H and O–H groups in total. The largest absolute Gasteiger partial charge is 0.487 e. The van der Waals surface area contributed by atoms with E-state index in [4.69, 9.17) is 4.74 Å². The molecule has 1 aliphatic heterocycles. The number of rotatable bonds is 5. The van der Waals surface area contributed by atoms with Gasteiger partial charge in [0.05, 0.1) is 6.20 Å². The van der Waals surface area contributed by atoms with E-state index in [0.29, 0.717) is 12.5 Å². The molecule has 0 amide bonds. The Morgan fingerprint density at radius 1 is 1.11 bits per heavy atom. The first kappa shape index (κ1) is 17.7. The summed E-state index contributed by atoms with van der Waals surface area (Å²) in [5.41, 5.74) is 6.54. The van der Waals surface area contributed by atoms with Crippen molar-refractivity contribution >= 4 is 0 Å².